The van der Waals surface area contributed by atoms with Gasteiger partial charge in [-0.15, -0.1) is 0 Å². The van der Waals surface area contributed by atoms with Crippen molar-refractivity contribution in [3.63, 3.8) is 0 Å². The summed E-state index contributed by atoms with van der Waals surface area (Å²) in [7, 11) is 0. The second-order valence-electron chi connectivity index (χ2n) is 4.84. The number of hydrogen-bond donors (Lipinski definition) is 0. The molecule has 0 unspecified atom stereocenters. The number of hydrogen-bond acceptors (Lipinski definition) is 3. The van der Waals surface area contributed by atoms with Crippen LogP contribution in [0, 0.1) is 0 Å². The Kier molecular flexibility index (Phi) is 4.88. The summed E-state index contributed by atoms with van der Waals surface area (Å²) in [5, 5.41) is 0. The highest BCUT2D eigenvalue weighted by Crippen LogP contribution is 2.25. The lowest BCUT2D eigenvalue weighted by Gasteiger charge is -2.09. The first-order valence-electron chi connectivity index (χ1n) is 6.96. The monoisotopic (exact) mass is 282 g/mol. The fourth-order valence-electron chi connectivity index (χ4n) is 2.21. The molecule has 0 N–H and O–H groups in total. The Labute approximate surface area is 124 Å². The van der Waals surface area contributed by atoms with Gasteiger partial charge >= 0.3 is 5.97 Å². The molecular weight excluding hydrogens is 264 g/mol. The molecule has 0 saturated heterocycles. The second kappa shape index (κ2) is 6.84. The van der Waals surface area contributed by atoms with E-state index in [1.807, 2.05) is 42.5 Å². The third kappa shape index (κ3) is 3.78. The first-order chi connectivity index (χ1) is 10.1. The van der Waals surface area contributed by atoms with E-state index in [2.05, 4.69) is 0 Å². The van der Waals surface area contributed by atoms with Gasteiger partial charge in [0.25, 0.3) is 0 Å². The summed E-state index contributed by atoms with van der Waals surface area (Å²) in [5.41, 5.74) is 3.30. The molecule has 0 atom stereocenters. The van der Waals surface area contributed by atoms with E-state index in [9.17, 15) is 9.59 Å². The van der Waals surface area contributed by atoms with Gasteiger partial charge in [-0.25, -0.2) is 4.79 Å². The molecule has 0 aliphatic carbocycles. The predicted molar refractivity (Wildman–Crippen MR) is 82.2 cm³/mol. The van der Waals surface area contributed by atoms with Crippen LogP contribution in [0.4, 0.5) is 0 Å². The molecule has 0 radical (unpaired) electrons. The van der Waals surface area contributed by atoms with Crippen LogP contribution in [0.2, 0.25) is 0 Å². The number of carbonyl (C=O) groups excluding carboxylic acids is 2. The number of carbonyl (C=O) groups is 2. The lowest BCUT2D eigenvalue weighted by atomic mass is 9.98. The molecule has 0 fully saturated rings. The predicted octanol–water partition coefficient (Wildman–Crippen LogP) is 3.66. The van der Waals surface area contributed by atoms with Crippen LogP contribution in [0.3, 0.4) is 0 Å². The van der Waals surface area contributed by atoms with E-state index in [0.717, 1.165) is 16.7 Å². The van der Waals surface area contributed by atoms with E-state index in [-0.39, 0.29) is 11.8 Å². The summed E-state index contributed by atoms with van der Waals surface area (Å²) in [6.45, 7) is 3.71. The molecule has 0 bridgehead atoms. The number of rotatable bonds is 5. The average Bonchev–Trinajstić information content (AvgIpc) is 2.48. The highest BCUT2D eigenvalue weighted by Gasteiger charge is 2.13. The lowest BCUT2D eigenvalue weighted by Crippen LogP contribution is -2.06. The van der Waals surface area contributed by atoms with Gasteiger partial charge in [0, 0.05) is 6.42 Å². The first-order valence-corrected chi connectivity index (χ1v) is 6.96. The van der Waals surface area contributed by atoms with Gasteiger partial charge in [-0.05, 0) is 36.6 Å². The average molecular weight is 282 g/mol. The Morgan fingerprint density at radius 1 is 1.00 bits per heavy atom. The number of Topliss-reactive ketones (excluding diaryl/α,β-unsaturated/α-hetero) is 1. The van der Waals surface area contributed by atoms with Crippen molar-refractivity contribution in [2.45, 2.75) is 20.3 Å². The Morgan fingerprint density at radius 3 is 2.29 bits per heavy atom. The molecule has 2 aromatic carbocycles. The molecule has 3 heteroatoms. The smallest absolute Gasteiger partial charge is 0.338 e. The largest absolute Gasteiger partial charge is 0.462 e. The molecule has 0 aliphatic rings. The van der Waals surface area contributed by atoms with Crippen molar-refractivity contribution in [2.24, 2.45) is 0 Å². The van der Waals surface area contributed by atoms with Gasteiger partial charge in [-0.3, -0.25) is 4.79 Å². The minimum Gasteiger partial charge on any atom is -0.462 e. The molecule has 0 spiro atoms. The summed E-state index contributed by atoms with van der Waals surface area (Å²) in [6.07, 6.45) is 0.430. The first kappa shape index (κ1) is 15.0. The Balaban J connectivity index is 2.33. The van der Waals surface area contributed by atoms with Crippen molar-refractivity contribution in [3.05, 3.63) is 59.7 Å². The van der Waals surface area contributed by atoms with Crippen LogP contribution in [-0.4, -0.2) is 18.4 Å². The molecule has 108 valence electrons. The Bertz CT molecular complexity index is 642. The van der Waals surface area contributed by atoms with Crippen molar-refractivity contribution >= 4 is 11.8 Å². The summed E-state index contributed by atoms with van der Waals surface area (Å²) >= 11 is 0. The lowest BCUT2D eigenvalue weighted by molar-refractivity contribution is -0.116. The highest BCUT2D eigenvalue weighted by molar-refractivity contribution is 5.97. The molecular formula is C18H18O3. The van der Waals surface area contributed by atoms with Crippen LogP contribution in [0.15, 0.2) is 48.5 Å². The minimum absolute atomic E-state index is 0.134. The molecule has 0 aliphatic heterocycles. The second-order valence-corrected chi connectivity index (χ2v) is 4.84. The van der Waals surface area contributed by atoms with E-state index >= 15 is 0 Å². The van der Waals surface area contributed by atoms with Gasteiger partial charge in [0.15, 0.2) is 0 Å². The van der Waals surface area contributed by atoms with Gasteiger partial charge in [0.05, 0.1) is 12.2 Å². The van der Waals surface area contributed by atoms with Crippen molar-refractivity contribution in [2.75, 3.05) is 6.61 Å². The van der Waals surface area contributed by atoms with Crippen molar-refractivity contribution in [1.82, 2.24) is 0 Å². The maximum absolute atomic E-state index is 12.0. The minimum atomic E-state index is -0.319. The zero-order valence-electron chi connectivity index (χ0n) is 12.3. The fraction of sp³-hybridized carbons (Fsp3) is 0.222. The van der Waals surface area contributed by atoms with Crippen LogP contribution in [0.25, 0.3) is 11.1 Å². The molecule has 2 rings (SSSR count). The third-order valence-corrected chi connectivity index (χ3v) is 3.14. The Hall–Kier alpha value is -2.42. The van der Waals surface area contributed by atoms with Crippen LogP contribution >= 0.6 is 0 Å². The van der Waals surface area contributed by atoms with Crippen molar-refractivity contribution in [1.29, 1.82) is 0 Å². The maximum atomic E-state index is 12.0. The fourth-order valence-corrected chi connectivity index (χ4v) is 2.21. The Morgan fingerprint density at radius 2 is 1.67 bits per heavy atom. The molecule has 0 saturated carbocycles. The van der Waals surface area contributed by atoms with Crippen molar-refractivity contribution < 1.29 is 14.3 Å². The van der Waals surface area contributed by atoms with E-state index in [4.69, 9.17) is 4.74 Å². The van der Waals surface area contributed by atoms with Crippen LogP contribution in [0.1, 0.15) is 29.8 Å². The van der Waals surface area contributed by atoms with E-state index in [1.165, 1.54) is 0 Å². The van der Waals surface area contributed by atoms with Gasteiger partial charge < -0.3 is 4.74 Å². The normalized spacial score (nSPS) is 10.2. The number of benzene rings is 2. The van der Waals surface area contributed by atoms with Gasteiger partial charge in [0.1, 0.15) is 5.78 Å². The van der Waals surface area contributed by atoms with Gasteiger partial charge in [-0.1, -0.05) is 42.5 Å². The zero-order valence-corrected chi connectivity index (χ0v) is 12.3. The SMILES string of the molecule is CCOC(=O)c1ccccc1-c1ccc(CC(C)=O)cc1. The molecule has 0 aromatic heterocycles. The molecule has 2 aromatic rings. The summed E-state index contributed by atoms with van der Waals surface area (Å²) in [5.74, 6) is -0.185. The highest BCUT2D eigenvalue weighted by atomic mass is 16.5. The van der Waals surface area contributed by atoms with Crippen LogP contribution < -0.4 is 0 Å². The number of ether oxygens (including phenoxy) is 1. The summed E-state index contributed by atoms with van der Waals surface area (Å²) in [4.78, 5) is 23.1. The maximum Gasteiger partial charge on any atom is 0.338 e. The molecule has 3 nitrogen and oxygen atoms in total. The standard InChI is InChI=1S/C18H18O3/c1-3-21-18(20)17-7-5-4-6-16(17)15-10-8-14(9-11-15)12-13(2)19/h4-11H,3,12H2,1-2H3. The van der Waals surface area contributed by atoms with Gasteiger partial charge in [0.2, 0.25) is 0 Å². The molecule has 0 heterocycles. The third-order valence-electron chi connectivity index (χ3n) is 3.14. The van der Waals surface area contributed by atoms with Crippen LogP contribution in [0.5, 0.6) is 0 Å². The van der Waals surface area contributed by atoms with E-state index in [0.29, 0.717) is 18.6 Å². The molecule has 21 heavy (non-hydrogen) atoms. The number of esters is 1. The van der Waals surface area contributed by atoms with Gasteiger partial charge in [-0.2, -0.15) is 0 Å². The summed E-state index contributed by atoms with van der Waals surface area (Å²) in [6, 6.07) is 15.1. The number of ketones is 1. The van der Waals surface area contributed by atoms with E-state index in [1.54, 1.807) is 19.9 Å². The zero-order chi connectivity index (χ0) is 15.2. The summed E-state index contributed by atoms with van der Waals surface area (Å²) < 4.78 is 5.08. The quantitative estimate of drug-likeness (QED) is 0.786. The van der Waals surface area contributed by atoms with Crippen LogP contribution in [-0.2, 0) is 16.0 Å². The molecule has 0 amide bonds. The van der Waals surface area contributed by atoms with Crippen molar-refractivity contribution in [3.8, 4) is 11.1 Å². The van der Waals surface area contributed by atoms with E-state index < -0.39 is 0 Å². The topological polar surface area (TPSA) is 43.4 Å².